The highest BCUT2D eigenvalue weighted by Gasteiger charge is 2.14. The van der Waals surface area contributed by atoms with Gasteiger partial charge in [-0.2, -0.15) is 0 Å². The molecule has 0 saturated heterocycles. The Bertz CT molecular complexity index is 449. The molecule has 0 aliphatic carbocycles. The summed E-state index contributed by atoms with van der Waals surface area (Å²) in [5.74, 6) is -3.06. The molecular formula is C11H11NO5. The molecule has 0 aromatic heterocycles. The number of nitrogens with one attached hydrogen (secondary N) is 1. The fourth-order valence-electron chi connectivity index (χ4n) is 1.27. The lowest BCUT2D eigenvalue weighted by molar-refractivity contribution is 0.0696. The van der Waals surface area contributed by atoms with Gasteiger partial charge in [0.05, 0.1) is 11.1 Å². The minimum absolute atomic E-state index is 0.0177. The molecule has 0 aliphatic rings. The molecule has 0 radical (unpaired) electrons. The molecule has 0 atom stereocenters. The van der Waals surface area contributed by atoms with Gasteiger partial charge in [-0.05, 0) is 25.1 Å². The normalized spacial score (nSPS) is 9.71. The summed E-state index contributed by atoms with van der Waals surface area (Å²) in [6.07, 6.45) is 0. The molecule has 17 heavy (non-hydrogen) atoms. The van der Waals surface area contributed by atoms with E-state index in [2.05, 4.69) is 5.32 Å². The van der Waals surface area contributed by atoms with E-state index in [1.165, 1.54) is 0 Å². The number of carbonyl (C=O) groups excluding carboxylic acids is 1. The van der Waals surface area contributed by atoms with Crippen LogP contribution in [0.15, 0.2) is 18.2 Å². The Morgan fingerprint density at radius 3 is 1.76 bits per heavy atom. The summed E-state index contributed by atoms with van der Waals surface area (Å²) in [5.41, 5.74) is -0.443. The zero-order chi connectivity index (χ0) is 13.0. The van der Waals surface area contributed by atoms with E-state index in [0.717, 1.165) is 18.2 Å². The Morgan fingerprint density at radius 2 is 1.41 bits per heavy atom. The van der Waals surface area contributed by atoms with Crippen LogP contribution in [0, 0.1) is 0 Å². The second kappa shape index (κ2) is 5.11. The summed E-state index contributed by atoms with van der Waals surface area (Å²) >= 11 is 0. The van der Waals surface area contributed by atoms with Crippen LogP contribution in [0.2, 0.25) is 0 Å². The van der Waals surface area contributed by atoms with E-state index in [4.69, 9.17) is 10.2 Å². The van der Waals surface area contributed by atoms with Gasteiger partial charge in [-0.1, -0.05) is 0 Å². The van der Waals surface area contributed by atoms with Gasteiger partial charge < -0.3 is 15.5 Å². The number of benzene rings is 1. The first-order chi connectivity index (χ1) is 7.95. The van der Waals surface area contributed by atoms with Crippen LogP contribution in [0.25, 0.3) is 0 Å². The topological polar surface area (TPSA) is 104 Å². The first-order valence-corrected chi connectivity index (χ1v) is 4.85. The van der Waals surface area contributed by atoms with Crippen LogP contribution in [0.5, 0.6) is 0 Å². The lowest BCUT2D eigenvalue weighted by atomic mass is 10.1. The zero-order valence-corrected chi connectivity index (χ0v) is 9.06. The van der Waals surface area contributed by atoms with Gasteiger partial charge in [0.15, 0.2) is 0 Å². The number of aromatic carboxylic acids is 2. The molecule has 0 fully saturated rings. The number of hydrogen-bond donors (Lipinski definition) is 3. The molecule has 0 unspecified atom stereocenters. The lowest BCUT2D eigenvalue weighted by Gasteiger charge is -2.05. The highest BCUT2D eigenvalue weighted by atomic mass is 16.4. The third-order valence-corrected chi connectivity index (χ3v) is 2.03. The Hall–Kier alpha value is -2.37. The summed E-state index contributed by atoms with van der Waals surface area (Å²) in [6, 6.07) is 3.28. The number of carboxylic acids is 2. The molecule has 0 bridgehead atoms. The minimum Gasteiger partial charge on any atom is -0.478 e. The monoisotopic (exact) mass is 237 g/mol. The van der Waals surface area contributed by atoms with Gasteiger partial charge in [0, 0.05) is 12.1 Å². The Kier molecular flexibility index (Phi) is 3.82. The van der Waals surface area contributed by atoms with Gasteiger partial charge in [0.2, 0.25) is 0 Å². The van der Waals surface area contributed by atoms with Crippen molar-refractivity contribution < 1.29 is 24.6 Å². The first kappa shape index (κ1) is 12.7. The highest BCUT2D eigenvalue weighted by Crippen LogP contribution is 2.11. The third-order valence-electron chi connectivity index (χ3n) is 2.03. The Morgan fingerprint density at radius 1 is 1.00 bits per heavy atom. The molecule has 6 heteroatoms. The third kappa shape index (κ3) is 3.04. The minimum atomic E-state index is -1.28. The van der Waals surface area contributed by atoms with Crippen LogP contribution in [-0.2, 0) is 0 Å². The molecule has 0 spiro atoms. The fourth-order valence-corrected chi connectivity index (χ4v) is 1.27. The summed E-state index contributed by atoms with van der Waals surface area (Å²) in [6.45, 7) is 2.08. The smallest absolute Gasteiger partial charge is 0.335 e. The van der Waals surface area contributed by atoms with Crippen LogP contribution >= 0.6 is 0 Å². The lowest BCUT2D eigenvalue weighted by Crippen LogP contribution is -2.23. The molecule has 90 valence electrons. The summed E-state index contributed by atoms with van der Waals surface area (Å²) in [7, 11) is 0. The van der Waals surface area contributed by atoms with Crippen LogP contribution in [0.1, 0.15) is 38.0 Å². The number of carboxylic acid groups (broad SMARTS) is 2. The number of amides is 1. The molecule has 1 aromatic carbocycles. The van der Waals surface area contributed by atoms with E-state index < -0.39 is 17.8 Å². The molecule has 1 amide bonds. The van der Waals surface area contributed by atoms with E-state index in [1.807, 2.05) is 0 Å². The largest absolute Gasteiger partial charge is 0.478 e. The van der Waals surface area contributed by atoms with E-state index in [1.54, 1.807) is 6.92 Å². The predicted molar refractivity (Wildman–Crippen MR) is 58.4 cm³/mol. The number of carbonyl (C=O) groups is 3. The van der Waals surface area contributed by atoms with Gasteiger partial charge in [0.1, 0.15) is 0 Å². The molecule has 0 heterocycles. The van der Waals surface area contributed by atoms with Gasteiger partial charge in [-0.25, -0.2) is 9.59 Å². The van der Waals surface area contributed by atoms with E-state index in [9.17, 15) is 14.4 Å². The molecule has 3 N–H and O–H groups in total. The maximum absolute atomic E-state index is 11.5. The van der Waals surface area contributed by atoms with Crippen LogP contribution in [-0.4, -0.2) is 34.6 Å². The maximum Gasteiger partial charge on any atom is 0.335 e. The molecule has 0 aliphatic heterocycles. The van der Waals surface area contributed by atoms with Gasteiger partial charge in [-0.15, -0.1) is 0 Å². The van der Waals surface area contributed by atoms with Crippen molar-refractivity contribution in [1.29, 1.82) is 0 Å². The molecule has 6 nitrogen and oxygen atoms in total. The van der Waals surface area contributed by atoms with E-state index in [0.29, 0.717) is 6.54 Å². The van der Waals surface area contributed by atoms with Gasteiger partial charge in [0.25, 0.3) is 5.91 Å². The zero-order valence-electron chi connectivity index (χ0n) is 9.06. The van der Waals surface area contributed by atoms with Crippen molar-refractivity contribution >= 4 is 17.8 Å². The van der Waals surface area contributed by atoms with Crippen molar-refractivity contribution in [2.24, 2.45) is 0 Å². The molecular weight excluding hydrogens is 226 g/mol. The van der Waals surface area contributed by atoms with Crippen molar-refractivity contribution in [2.75, 3.05) is 6.54 Å². The first-order valence-electron chi connectivity index (χ1n) is 4.85. The molecule has 0 saturated carbocycles. The van der Waals surface area contributed by atoms with Crippen molar-refractivity contribution in [3.05, 3.63) is 34.9 Å². The summed E-state index contributed by atoms with van der Waals surface area (Å²) in [4.78, 5) is 33.1. The fraction of sp³-hybridized carbons (Fsp3) is 0.182. The summed E-state index contributed by atoms with van der Waals surface area (Å²) < 4.78 is 0. The second-order valence-corrected chi connectivity index (χ2v) is 3.27. The summed E-state index contributed by atoms with van der Waals surface area (Å²) in [5, 5.41) is 20.1. The average Bonchev–Trinajstić information content (AvgIpc) is 2.28. The van der Waals surface area contributed by atoms with Crippen molar-refractivity contribution in [2.45, 2.75) is 6.92 Å². The predicted octanol–water partition coefficient (Wildman–Crippen LogP) is 0.833. The highest BCUT2D eigenvalue weighted by molar-refractivity contribution is 6.01. The molecule has 1 aromatic rings. The average molecular weight is 237 g/mol. The molecule has 1 rings (SSSR count). The van der Waals surface area contributed by atoms with Gasteiger partial charge in [-0.3, -0.25) is 4.79 Å². The standard InChI is InChI=1S/C11H11NO5/c1-2-12-9(13)6-3-7(10(14)15)5-8(4-6)11(16)17/h3-5H,2H2,1H3,(H,12,13)(H,14,15)(H,16,17). The van der Waals surface area contributed by atoms with Crippen LogP contribution in [0.3, 0.4) is 0 Å². The van der Waals surface area contributed by atoms with Crippen LogP contribution < -0.4 is 5.32 Å². The van der Waals surface area contributed by atoms with Crippen molar-refractivity contribution in [1.82, 2.24) is 5.32 Å². The van der Waals surface area contributed by atoms with Crippen molar-refractivity contribution in [3.8, 4) is 0 Å². The second-order valence-electron chi connectivity index (χ2n) is 3.27. The quantitative estimate of drug-likeness (QED) is 0.719. The van der Waals surface area contributed by atoms with E-state index in [-0.39, 0.29) is 16.7 Å². The number of hydrogen-bond acceptors (Lipinski definition) is 3. The Balaban J connectivity index is 3.26. The Labute approximate surface area is 96.9 Å². The van der Waals surface area contributed by atoms with Crippen molar-refractivity contribution in [3.63, 3.8) is 0 Å². The SMILES string of the molecule is CCNC(=O)c1cc(C(=O)O)cc(C(=O)O)c1. The van der Waals surface area contributed by atoms with Gasteiger partial charge >= 0.3 is 11.9 Å². The number of rotatable bonds is 4. The van der Waals surface area contributed by atoms with Crippen LogP contribution in [0.4, 0.5) is 0 Å². The van der Waals surface area contributed by atoms with E-state index >= 15 is 0 Å². The maximum atomic E-state index is 11.5.